The average molecular weight is 150 g/mol. The molecule has 0 amide bonds. The average Bonchev–Trinajstić information content (AvgIpc) is 1.98. The molecule has 11 heavy (non-hydrogen) atoms. The van der Waals surface area contributed by atoms with Gasteiger partial charge in [-0.15, -0.1) is 0 Å². The summed E-state index contributed by atoms with van der Waals surface area (Å²) in [5, 5.41) is 0. The van der Waals surface area contributed by atoms with Crippen LogP contribution in [-0.2, 0) is 0 Å². The molecule has 2 unspecified atom stereocenters. The fraction of sp³-hybridized carbons (Fsp3) is 0.636. The van der Waals surface area contributed by atoms with Gasteiger partial charge < -0.3 is 0 Å². The highest BCUT2D eigenvalue weighted by Crippen LogP contribution is 2.23. The Morgan fingerprint density at radius 2 is 2.18 bits per heavy atom. The molecule has 0 aromatic carbocycles. The van der Waals surface area contributed by atoms with Crippen molar-refractivity contribution in [2.24, 2.45) is 11.8 Å². The van der Waals surface area contributed by atoms with Crippen molar-refractivity contribution in [1.29, 1.82) is 0 Å². The standard InChI is InChI=1S/C11H18/c1-9-5-4-6-10(2)11(3)8-7-9/h7-8,10-11H,1,4-6H2,2-3H3/b8-7-. The van der Waals surface area contributed by atoms with Crippen LogP contribution in [0.15, 0.2) is 24.3 Å². The van der Waals surface area contributed by atoms with Crippen LogP contribution in [0.1, 0.15) is 33.1 Å². The summed E-state index contributed by atoms with van der Waals surface area (Å²) in [6.07, 6.45) is 8.35. The molecule has 0 saturated carbocycles. The number of hydrogen-bond acceptors (Lipinski definition) is 0. The predicted octanol–water partition coefficient (Wildman–Crippen LogP) is 3.55. The molecule has 0 aromatic rings. The smallest absolute Gasteiger partial charge is 0.0233 e. The second-order valence-corrected chi connectivity index (χ2v) is 3.75. The third-order valence-electron chi connectivity index (χ3n) is 2.69. The van der Waals surface area contributed by atoms with Crippen LogP contribution in [0.2, 0.25) is 0 Å². The van der Waals surface area contributed by atoms with Gasteiger partial charge in [0.2, 0.25) is 0 Å². The summed E-state index contributed by atoms with van der Waals surface area (Å²) in [6, 6.07) is 0. The lowest BCUT2D eigenvalue weighted by atomic mass is 9.87. The number of allylic oxidation sites excluding steroid dienone is 3. The van der Waals surface area contributed by atoms with Crippen LogP contribution in [0.5, 0.6) is 0 Å². The van der Waals surface area contributed by atoms with Crippen molar-refractivity contribution in [3.05, 3.63) is 24.3 Å². The van der Waals surface area contributed by atoms with Crippen molar-refractivity contribution in [1.82, 2.24) is 0 Å². The van der Waals surface area contributed by atoms with Crippen molar-refractivity contribution >= 4 is 0 Å². The van der Waals surface area contributed by atoms with Crippen LogP contribution in [0.3, 0.4) is 0 Å². The largest absolute Gasteiger partial charge is 0.0958 e. The minimum absolute atomic E-state index is 0.729. The van der Waals surface area contributed by atoms with Crippen LogP contribution in [0, 0.1) is 11.8 Å². The third kappa shape index (κ3) is 2.53. The van der Waals surface area contributed by atoms with Gasteiger partial charge in [-0.05, 0) is 31.1 Å². The molecule has 0 radical (unpaired) electrons. The molecule has 0 aliphatic heterocycles. The molecule has 0 aromatic heterocycles. The third-order valence-corrected chi connectivity index (χ3v) is 2.69. The molecule has 0 bridgehead atoms. The Kier molecular flexibility index (Phi) is 2.92. The van der Waals surface area contributed by atoms with E-state index >= 15 is 0 Å². The molecule has 62 valence electrons. The lowest BCUT2D eigenvalue weighted by Gasteiger charge is -2.18. The summed E-state index contributed by atoms with van der Waals surface area (Å²) in [5.41, 5.74) is 1.30. The van der Waals surface area contributed by atoms with Crippen molar-refractivity contribution in [2.45, 2.75) is 33.1 Å². The van der Waals surface area contributed by atoms with E-state index in [0.717, 1.165) is 11.8 Å². The van der Waals surface area contributed by atoms with Gasteiger partial charge in [-0.2, -0.15) is 0 Å². The van der Waals surface area contributed by atoms with Gasteiger partial charge in [0.25, 0.3) is 0 Å². The predicted molar refractivity (Wildman–Crippen MR) is 50.5 cm³/mol. The summed E-state index contributed by atoms with van der Waals surface area (Å²) in [6.45, 7) is 8.62. The summed E-state index contributed by atoms with van der Waals surface area (Å²) in [4.78, 5) is 0. The van der Waals surface area contributed by atoms with Crippen LogP contribution in [-0.4, -0.2) is 0 Å². The van der Waals surface area contributed by atoms with Crippen LogP contribution >= 0.6 is 0 Å². The van der Waals surface area contributed by atoms with E-state index in [1.54, 1.807) is 0 Å². The quantitative estimate of drug-likeness (QED) is 0.495. The van der Waals surface area contributed by atoms with E-state index in [4.69, 9.17) is 0 Å². The highest BCUT2D eigenvalue weighted by atomic mass is 14.2. The normalized spacial score (nSPS) is 36.0. The zero-order valence-electron chi connectivity index (χ0n) is 7.64. The summed E-state index contributed by atoms with van der Waals surface area (Å²) in [5.74, 6) is 1.58. The first-order chi connectivity index (χ1) is 5.20. The summed E-state index contributed by atoms with van der Waals surface area (Å²) in [7, 11) is 0. The highest BCUT2D eigenvalue weighted by Gasteiger charge is 2.10. The first-order valence-corrected chi connectivity index (χ1v) is 4.56. The fourth-order valence-corrected chi connectivity index (χ4v) is 1.47. The van der Waals surface area contributed by atoms with Gasteiger partial charge >= 0.3 is 0 Å². The summed E-state index contributed by atoms with van der Waals surface area (Å²) >= 11 is 0. The maximum absolute atomic E-state index is 3.99. The minimum atomic E-state index is 0.729. The van der Waals surface area contributed by atoms with E-state index in [9.17, 15) is 0 Å². The van der Waals surface area contributed by atoms with Crippen molar-refractivity contribution < 1.29 is 0 Å². The Morgan fingerprint density at radius 1 is 1.45 bits per heavy atom. The number of hydrogen-bond donors (Lipinski definition) is 0. The van der Waals surface area contributed by atoms with E-state index < -0.39 is 0 Å². The Morgan fingerprint density at radius 3 is 2.91 bits per heavy atom. The summed E-state index contributed by atoms with van der Waals surface area (Å²) < 4.78 is 0. The SMILES string of the molecule is C=C1/C=C\C(C)C(C)CCC1. The molecule has 0 spiro atoms. The van der Waals surface area contributed by atoms with E-state index in [2.05, 4.69) is 32.6 Å². The Hall–Kier alpha value is -0.520. The molecule has 0 fully saturated rings. The first kappa shape index (κ1) is 8.58. The second-order valence-electron chi connectivity index (χ2n) is 3.75. The second kappa shape index (κ2) is 3.75. The van der Waals surface area contributed by atoms with E-state index in [1.165, 1.54) is 24.8 Å². The van der Waals surface area contributed by atoms with Gasteiger partial charge in [-0.3, -0.25) is 0 Å². The maximum atomic E-state index is 3.99. The van der Waals surface area contributed by atoms with Gasteiger partial charge in [0.1, 0.15) is 0 Å². The fourth-order valence-electron chi connectivity index (χ4n) is 1.47. The number of rotatable bonds is 0. The zero-order chi connectivity index (χ0) is 8.27. The lowest BCUT2D eigenvalue weighted by molar-refractivity contribution is 0.411. The Bertz CT molecular complexity index is 165. The molecular weight excluding hydrogens is 132 g/mol. The van der Waals surface area contributed by atoms with Crippen LogP contribution < -0.4 is 0 Å². The molecular formula is C11H18. The Labute approximate surface area is 70.0 Å². The molecule has 0 saturated heterocycles. The van der Waals surface area contributed by atoms with Crippen molar-refractivity contribution in [3.63, 3.8) is 0 Å². The van der Waals surface area contributed by atoms with Gasteiger partial charge in [0.05, 0.1) is 0 Å². The molecule has 0 heteroatoms. The molecule has 1 rings (SSSR count). The van der Waals surface area contributed by atoms with Crippen molar-refractivity contribution in [3.8, 4) is 0 Å². The molecule has 1 aliphatic rings. The van der Waals surface area contributed by atoms with Crippen LogP contribution in [0.25, 0.3) is 0 Å². The Balaban J connectivity index is 2.60. The van der Waals surface area contributed by atoms with Gasteiger partial charge in [0.15, 0.2) is 0 Å². The van der Waals surface area contributed by atoms with Crippen molar-refractivity contribution in [2.75, 3.05) is 0 Å². The maximum Gasteiger partial charge on any atom is -0.0233 e. The van der Waals surface area contributed by atoms with Gasteiger partial charge in [-0.1, -0.05) is 38.2 Å². The molecule has 1 aliphatic carbocycles. The lowest BCUT2D eigenvalue weighted by Crippen LogP contribution is -2.06. The van der Waals surface area contributed by atoms with Gasteiger partial charge in [-0.25, -0.2) is 0 Å². The molecule has 2 atom stereocenters. The molecule has 0 heterocycles. The van der Waals surface area contributed by atoms with E-state index in [1.807, 2.05) is 0 Å². The molecule has 0 N–H and O–H groups in total. The van der Waals surface area contributed by atoms with Gasteiger partial charge in [0, 0.05) is 0 Å². The highest BCUT2D eigenvalue weighted by molar-refractivity contribution is 5.15. The van der Waals surface area contributed by atoms with Crippen LogP contribution in [0.4, 0.5) is 0 Å². The minimum Gasteiger partial charge on any atom is -0.0958 e. The zero-order valence-corrected chi connectivity index (χ0v) is 7.64. The first-order valence-electron chi connectivity index (χ1n) is 4.56. The monoisotopic (exact) mass is 150 g/mol. The topological polar surface area (TPSA) is 0 Å². The van der Waals surface area contributed by atoms with E-state index in [-0.39, 0.29) is 0 Å². The van der Waals surface area contributed by atoms with E-state index in [0.29, 0.717) is 0 Å². The molecule has 0 nitrogen and oxygen atoms in total.